The maximum atomic E-state index is 12.2. The number of benzene rings is 1. The van der Waals surface area contributed by atoms with Crippen molar-refractivity contribution in [1.82, 2.24) is 9.71 Å². The summed E-state index contributed by atoms with van der Waals surface area (Å²) in [6, 6.07) is 6.15. The number of aromatic nitrogens is 1. The molecule has 0 radical (unpaired) electrons. The molecule has 1 aromatic carbocycles. The number of fused-ring (bicyclic) bond motifs is 1. The van der Waals surface area contributed by atoms with E-state index >= 15 is 0 Å². The van der Waals surface area contributed by atoms with E-state index in [2.05, 4.69) is 9.71 Å². The Bertz CT molecular complexity index is 707. The molecule has 1 atom stereocenters. The highest BCUT2D eigenvalue weighted by Gasteiger charge is 2.29. The number of carbonyl (C=O) groups excluding carboxylic acids is 1. The van der Waals surface area contributed by atoms with Gasteiger partial charge in [0.2, 0.25) is 9.58 Å². The van der Waals surface area contributed by atoms with Crippen LogP contribution >= 0.6 is 22.9 Å². The van der Waals surface area contributed by atoms with E-state index in [9.17, 15) is 13.2 Å². The van der Waals surface area contributed by atoms with Crippen LogP contribution in [0.2, 0.25) is 0 Å². The zero-order chi connectivity index (χ0) is 14.9. The van der Waals surface area contributed by atoms with Gasteiger partial charge in [0.1, 0.15) is 0 Å². The molecule has 8 heteroatoms. The van der Waals surface area contributed by atoms with Gasteiger partial charge in [0, 0.05) is 0 Å². The molecule has 5 nitrogen and oxygen atoms in total. The van der Waals surface area contributed by atoms with Crippen molar-refractivity contribution in [2.45, 2.75) is 24.2 Å². The number of nitrogens with one attached hydrogen (secondary N) is 1. The molecule has 2 aromatic rings. The zero-order valence-electron chi connectivity index (χ0n) is 10.8. The maximum absolute atomic E-state index is 12.2. The summed E-state index contributed by atoms with van der Waals surface area (Å²) >= 11 is 6.48. The zero-order valence-corrected chi connectivity index (χ0v) is 13.2. The molecule has 0 spiro atoms. The van der Waals surface area contributed by atoms with Gasteiger partial charge in [-0.25, -0.2) is 13.4 Å². The lowest BCUT2D eigenvalue weighted by molar-refractivity contribution is -0.113. The van der Waals surface area contributed by atoms with Gasteiger partial charge in [-0.1, -0.05) is 26.0 Å². The Kier molecular flexibility index (Phi) is 4.43. The lowest BCUT2D eigenvalue weighted by Gasteiger charge is -2.17. The second kappa shape index (κ2) is 5.77. The monoisotopic (exact) mass is 332 g/mol. The van der Waals surface area contributed by atoms with E-state index in [1.807, 2.05) is 6.07 Å². The largest absolute Gasteiger partial charge is 0.279 e. The molecule has 0 fully saturated rings. The standard InChI is InChI=1S/C12H13ClN2O3S2/c1-7(2)10(11(13)16)15-20(17,18)12-14-8-5-3-4-6-9(8)19-12/h3-7,10,15H,1-2H3/t10-/m0/s1. The van der Waals surface area contributed by atoms with Crippen molar-refractivity contribution < 1.29 is 13.2 Å². The van der Waals surface area contributed by atoms with E-state index in [-0.39, 0.29) is 10.3 Å². The summed E-state index contributed by atoms with van der Waals surface area (Å²) in [5, 5.41) is -0.732. The van der Waals surface area contributed by atoms with Crippen LogP contribution in [0.3, 0.4) is 0 Å². The smallest absolute Gasteiger partial charge is 0.268 e. The molecule has 0 aliphatic heterocycles. The van der Waals surface area contributed by atoms with E-state index in [1.54, 1.807) is 32.0 Å². The minimum absolute atomic E-state index is 0.0673. The van der Waals surface area contributed by atoms with Crippen molar-refractivity contribution in [1.29, 1.82) is 0 Å². The third-order valence-corrected chi connectivity index (χ3v) is 5.79. The van der Waals surface area contributed by atoms with Crippen LogP contribution in [0.1, 0.15) is 13.8 Å². The molecule has 0 saturated heterocycles. The van der Waals surface area contributed by atoms with Crippen molar-refractivity contribution in [3.05, 3.63) is 24.3 Å². The summed E-state index contributed by atoms with van der Waals surface area (Å²) in [5.41, 5.74) is 0.608. The topological polar surface area (TPSA) is 76.1 Å². The van der Waals surface area contributed by atoms with E-state index in [1.165, 1.54) is 0 Å². The van der Waals surface area contributed by atoms with Crippen LogP contribution in [0.25, 0.3) is 10.2 Å². The van der Waals surface area contributed by atoms with Crippen LogP contribution in [0.15, 0.2) is 28.6 Å². The number of hydrogen-bond donors (Lipinski definition) is 1. The molecule has 1 heterocycles. The van der Waals surface area contributed by atoms with Gasteiger partial charge in [-0.05, 0) is 29.7 Å². The second-order valence-electron chi connectivity index (χ2n) is 4.59. The Morgan fingerprint density at radius 1 is 1.35 bits per heavy atom. The molecule has 0 bridgehead atoms. The van der Waals surface area contributed by atoms with Gasteiger partial charge >= 0.3 is 0 Å². The van der Waals surface area contributed by atoms with Crippen LogP contribution < -0.4 is 4.72 Å². The molecule has 0 aliphatic rings. The van der Waals surface area contributed by atoms with E-state index < -0.39 is 21.3 Å². The van der Waals surface area contributed by atoms with Gasteiger partial charge in [0.15, 0.2) is 0 Å². The lowest BCUT2D eigenvalue weighted by atomic mass is 10.1. The first-order valence-corrected chi connectivity index (χ1v) is 8.56. The molecule has 0 amide bonds. The maximum Gasteiger partial charge on any atom is 0.268 e. The fourth-order valence-electron chi connectivity index (χ4n) is 1.63. The summed E-state index contributed by atoms with van der Waals surface area (Å²) in [4.78, 5) is 15.4. The normalized spacial score (nSPS) is 13.8. The van der Waals surface area contributed by atoms with Crippen LogP contribution in [0.5, 0.6) is 0 Å². The van der Waals surface area contributed by atoms with E-state index in [0.29, 0.717) is 5.52 Å². The van der Waals surface area contributed by atoms with Gasteiger partial charge < -0.3 is 0 Å². The van der Waals surface area contributed by atoms with Crippen LogP contribution in [0, 0.1) is 5.92 Å². The van der Waals surface area contributed by atoms with Crippen LogP contribution in [-0.2, 0) is 14.8 Å². The van der Waals surface area contributed by atoms with Crippen molar-refractivity contribution >= 4 is 48.4 Å². The van der Waals surface area contributed by atoms with Crippen molar-refractivity contribution in [2.24, 2.45) is 5.92 Å². The van der Waals surface area contributed by atoms with Crippen molar-refractivity contribution in [3.63, 3.8) is 0 Å². The number of sulfonamides is 1. The van der Waals surface area contributed by atoms with E-state index in [4.69, 9.17) is 11.6 Å². The molecule has 2 rings (SSSR count). The van der Waals surface area contributed by atoms with Crippen molar-refractivity contribution in [3.8, 4) is 0 Å². The molecular formula is C12H13ClN2O3S2. The molecule has 20 heavy (non-hydrogen) atoms. The first kappa shape index (κ1) is 15.4. The molecule has 0 aliphatic carbocycles. The summed E-state index contributed by atoms with van der Waals surface area (Å²) in [7, 11) is -3.86. The number of nitrogens with zero attached hydrogens (tertiary/aromatic N) is 1. The summed E-state index contributed by atoms with van der Waals surface area (Å²) in [6.07, 6.45) is 0. The fourth-order valence-corrected chi connectivity index (χ4v) is 4.58. The third-order valence-electron chi connectivity index (χ3n) is 2.70. The number of rotatable bonds is 5. The molecule has 0 saturated carbocycles. The summed E-state index contributed by atoms with van der Waals surface area (Å²) in [6.45, 7) is 3.43. The minimum Gasteiger partial charge on any atom is -0.279 e. The van der Waals surface area contributed by atoms with Gasteiger partial charge in [0.05, 0.1) is 16.3 Å². The Balaban J connectivity index is 2.36. The Labute approximate surface area is 126 Å². The van der Waals surface area contributed by atoms with Crippen LogP contribution in [-0.4, -0.2) is 24.7 Å². The first-order chi connectivity index (χ1) is 9.31. The quantitative estimate of drug-likeness (QED) is 0.853. The molecular weight excluding hydrogens is 320 g/mol. The number of halogens is 1. The number of para-hydroxylation sites is 1. The predicted molar refractivity (Wildman–Crippen MR) is 79.4 cm³/mol. The Morgan fingerprint density at radius 3 is 2.55 bits per heavy atom. The van der Waals surface area contributed by atoms with E-state index in [0.717, 1.165) is 16.0 Å². The fraction of sp³-hybridized carbons (Fsp3) is 0.333. The number of carbonyl (C=O) groups is 1. The average Bonchev–Trinajstić information content (AvgIpc) is 2.80. The highest BCUT2D eigenvalue weighted by Crippen LogP contribution is 2.25. The average molecular weight is 333 g/mol. The number of thiazole rings is 1. The highest BCUT2D eigenvalue weighted by molar-refractivity contribution is 7.91. The summed E-state index contributed by atoms with van der Waals surface area (Å²) in [5.74, 6) is -0.246. The Hall–Kier alpha value is -1.02. The summed E-state index contributed by atoms with van der Waals surface area (Å²) < 4.78 is 27.5. The SMILES string of the molecule is CC(C)[C@H](NS(=O)(=O)c1nc2ccccc2s1)C(=O)Cl. The third kappa shape index (κ3) is 3.17. The van der Waals surface area contributed by atoms with Crippen molar-refractivity contribution in [2.75, 3.05) is 0 Å². The lowest BCUT2D eigenvalue weighted by Crippen LogP contribution is -2.42. The van der Waals surface area contributed by atoms with Gasteiger partial charge in [-0.2, -0.15) is 4.72 Å². The highest BCUT2D eigenvalue weighted by atomic mass is 35.5. The molecule has 1 aromatic heterocycles. The molecule has 108 valence electrons. The van der Waals surface area contributed by atoms with Gasteiger partial charge in [-0.15, -0.1) is 11.3 Å². The molecule has 1 N–H and O–H groups in total. The van der Waals surface area contributed by atoms with Crippen LogP contribution in [0.4, 0.5) is 0 Å². The first-order valence-electron chi connectivity index (χ1n) is 5.88. The second-order valence-corrected chi connectivity index (χ2v) is 7.89. The predicted octanol–water partition coefficient (Wildman–Crippen LogP) is 2.36. The van der Waals surface area contributed by atoms with Gasteiger partial charge in [0.25, 0.3) is 10.0 Å². The Morgan fingerprint density at radius 2 is 2.00 bits per heavy atom. The van der Waals surface area contributed by atoms with Gasteiger partial charge in [-0.3, -0.25) is 4.79 Å². The minimum atomic E-state index is -3.86. The number of hydrogen-bond acceptors (Lipinski definition) is 5. The molecule has 0 unspecified atom stereocenters.